The SMILES string of the molecule is O=C(O)CC1CC2(C1)CC(NC(=O)c1cc(-c3cccc(F)c3)cc3ccn(Cc4ccc(C(F)(F)F)cc4)c13)C2. The monoisotopic (exact) mass is 564 g/mol. The van der Waals surface area contributed by atoms with Gasteiger partial charge in [0.2, 0.25) is 0 Å². The van der Waals surface area contributed by atoms with Crippen molar-refractivity contribution in [1.29, 1.82) is 0 Å². The topological polar surface area (TPSA) is 71.3 Å². The summed E-state index contributed by atoms with van der Waals surface area (Å²) in [5.74, 6) is -1.26. The van der Waals surface area contributed by atoms with E-state index in [2.05, 4.69) is 5.32 Å². The van der Waals surface area contributed by atoms with Crippen molar-refractivity contribution in [1.82, 2.24) is 9.88 Å². The smallest absolute Gasteiger partial charge is 0.416 e. The van der Waals surface area contributed by atoms with Crippen LogP contribution in [0.5, 0.6) is 0 Å². The second kappa shape index (κ2) is 10.0. The zero-order valence-electron chi connectivity index (χ0n) is 22.0. The van der Waals surface area contributed by atoms with Crippen molar-refractivity contribution < 1.29 is 32.3 Å². The molecule has 2 N–H and O–H groups in total. The fourth-order valence-corrected chi connectivity index (χ4v) is 6.73. The number of rotatable bonds is 7. The number of carbonyl (C=O) groups is 2. The third kappa shape index (κ3) is 5.45. The Kier molecular flexibility index (Phi) is 6.63. The van der Waals surface area contributed by atoms with E-state index in [0.717, 1.165) is 43.2 Å². The predicted octanol–water partition coefficient (Wildman–Crippen LogP) is 7.28. The van der Waals surface area contributed by atoms with Crippen LogP contribution in [0.15, 0.2) is 72.9 Å². The van der Waals surface area contributed by atoms with E-state index in [4.69, 9.17) is 5.11 Å². The first-order valence-corrected chi connectivity index (χ1v) is 13.6. The van der Waals surface area contributed by atoms with Gasteiger partial charge in [-0.3, -0.25) is 9.59 Å². The van der Waals surface area contributed by atoms with Crippen LogP contribution in [0.1, 0.15) is 53.6 Å². The second-order valence-corrected chi connectivity index (χ2v) is 11.6. The number of hydrogen-bond donors (Lipinski definition) is 2. The van der Waals surface area contributed by atoms with E-state index >= 15 is 0 Å². The molecule has 0 radical (unpaired) electrons. The van der Waals surface area contributed by atoms with Crippen LogP contribution in [0, 0.1) is 17.2 Å². The highest BCUT2D eigenvalue weighted by atomic mass is 19.4. The molecule has 0 aliphatic heterocycles. The summed E-state index contributed by atoms with van der Waals surface area (Å²) in [6.07, 6.45) is 0.877. The number of fused-ring (bicyclic) bond motifs is 1. The Bertz CT molecular complexity index is 1630. The van der Waals surface area contributed by atoms with Gasteiger partial charge in [-0.15, -0.1) is 0 Å². The average Bonchev–Trinajstić information content (AvgIpc) is 3.27. The molecule has 6 rings (SSSR count). The van der Waals surface area contributed by atoms with Gasteiger partial charge < -0.3 is 15.0 Å². The van der Waals surface area contributed by atoms with E-state index in [9.17, 15) is 27.2 Å². The van der Waals surface area contributed by atoms with Gasteiger partial charge in [0.05, 0.1) is 16.6 Å². The first kappa shape index (κ1) is 27.1. The minimum atomic E-state index is -4.42. The maximum Gasteiger partial charge on any atom is 0.416 e. The number of nitrogens with zero attached hydrogens (tertiary/aromatic N) is 1. The molecule has 0 atom stereocenters. The summed E-state index contributed by atoms with van der Waals surface area (Å²) in [5.41, 5.74) is 2.38. The molecule has 1 amide bonds. The van der Waals surface area contributed by atoms with Crippen molar-refractivity contribution in [3.8, 4) is 11.1 Å². The number of benzene rings is 3. The lowest BCUT2D eigenvalue weighted by Gasteiger charge is -2.57. The highest BCUT2D eigenvalue weighted by molar-refractivity contribution is 6.08. The molecule has 41 heavy (non-hydrogen) atoms. The van der Waals surface area contributed by atoms with Crippen molar-refractivity contribution in [3.63, 3.8) is 0 Å². The summed E-state index contributed by atoms with van der Waals surface area (Å²) >= 11 is 0. The lowest BCUT2D eigenvalue weighted by Crippen LogP contribution is -2.56. The van der Waals surface area contributed by atoms with Crippen LogP contribution >= 0.6 is 0 Å². The van der Waals surface area contributed by atoms with Crippen molar-refractivity contribution in [3.05, 3.63) is 95.4 Å². The summed E-state index contributed by atoms with van der Waals surface area (Å²) in [6.45, 7) is 0.263. The van der Waals surface area contributed by atoms with E-state index < -0.39 is 23.5 Å². The zero-order chi connectivity index (χ0) is 28.9. The van der Waals surface area contributed by atoms with Gasteiger partial charge in [0.25, 0.3) is 5.91 Å². The molecule has 5 nitrogen and oxygen atoms in total. The van der Waals surface area contributed by atoms with Crippen molar-refractivity contribution >= 4 is 22.8 Å². The van der Waals surface area contributed by atoms with Crippen LogP contribution in [0.3, 0.4) is 0 Å². The first-order chi connectivity index (χ1) is 19.5. The van der Waals surface area contributed by atoms with Gasteiger partial charge in [0, 0.05) is 30.6 Å². The van der Waals surface area contributed by atoms with Gasteiger partial charge in [-0.1, -0.05) is 24.3 Å². The Balaban J connectivity index is 1.28. The lowest BCUT2D eigenvalue weighted by atomic mass is 9.49. The number of alkyl halides is 3. The fraction of sp³-hybridized carbons (Fsp3) is 0.312. The van der Waals surface area contributed by atoms with Gasteiger partial charge in [-0.05, 0) is 96.2 Å². The Labute approximate surface area is 233 Å². The van der Waals surface area contributed by atoms with Gasteiger partial charge in [0.1, 0.15) is 5.82 Å². The summed E-state index contributed by atoms with van der Waals surface area (Å²) in [5, 5.41) is 12.9. The number of amides is 1. The molecule has 1 heterocycles. The molecule has 3 aromatic carbocycles. The summed E-state index contributed by atoms with van der Waals surface area (Å²) in [6, 6.07) is 16.5. The van der Waals surface area contributed by atoms with Crippen LogP contribution in [-0.2, 0) is 17.5 Å². The molecule has 9 heteroatoms. The van der Waals surface area contributed by atoms with Crippen LogP contribution in [0.25, 0.3) is 22.0 Å². The zero-order valence-corrected chi connectivity index (χ0v) is 22.0. The van der Waals surface area contributed by atoms with E-state index in [-0.39, 0.29) is 36.2 Å². The van der Waals surface area contributed by atoms with Gasteiger partial charge >= 0.3 is 12.1 Å². The van der Waals surface area contributed by atoms with Gasteiger partial charge in [-0.2, -0.15) is 13.2 Å². The molecule has 2 saturated carbocycles. The highest BCUT2D eigenvalue weighted by Gasteiger charge is 2.53. The molecule has 0 saturated heterocycles. The second-order valence-electron chi connectivity index (χ2n) is 11.6. The quantitative estimate of drug-likeness (QED) is 0.232. The molecule has 2 aliphatic carbocycles. The molecule has 4 aromatic rings. The standard InChI is InChI=1S/C32H28F4N2O3/c33-25-3-1-2-21(12-25)23-11-22-8-9-38(18-19-4-6-24(7-5-19)32(34,35)36)29(22)27(13-23)30(41)37-26-16-31(17-26)14-20(15-31)10-28(39)40/h1-9,11-13,20,26H,10,14-18H2,(H,37,41)(H,39,40). The van der Waals surface area contributed by atoms with Crippen LogP contribution in [-0.4, -0.2) is 27.6 Å². The van der Waals surface area contributed by atoms with Gasteiger partial charge in [-0.25, -0.2) is 4.39 Å². The molecule has 0 bridgehead atoms. The minimum absolute atomic E-state index is 0.0283. The summed E-state index contributed by atoms with van der Waals surface area (Å²) in [7, 11) is 0. The molecular weight excluding hydrogens is 536 g/mol. The Morgan fingerprint density at radius 3 is 2.34 bits per heavy atom. The van der Waals surface area contributed by atoms with Crippen LogP contribution in [0.2, 0.25) is 0 Å². The minimum Gasteiger partial charge on any atom is -0.481 e. The van der Waals surface area contributed by atoms with E-state index in [1.165, 1.54) is 24.3 Å². The molecular formula is C32H28F4N2O3. The Hall–Kier alpha value is -4.14. The number of carbonyl (C=O) groups excluding carboxylic acids is 1. The third-order valence-electron chi connectivity index (χ3n) is 8.50. The summed E-state index contributed by atoms with van der Waals surface area (Å²) in [4.78, 5) is 24.7. The van der Waals surface area contributed by atoms with Crippen molar-refractivity contribution in [2.75, 3.05) is 0 Å². The van der Waals surface area contributed by atoms with E-state index in [1.807, 2.05) is 16.7 Å². The number of carboxylic acid groups (broad SMARTS) is 1. The fourth-order valence-electron chi connectivity index (χ4n) is 6.73. The largest absolute Gasteiger partial charge is 0.481 e. The Morgan fingerprint density at radius 2 is 1.68 bits per heavy atom. The van der Waals surface area contributed by atoms with Gasteiger partial charge in [0.15, 0.2) is 0 Å². The predicted molar refractivity (Wildman–Crippen MR) is 146 cm³/mol. The van der Waals surface area contributed by atoms with Crippen molar-refractivity contribution in [2.24, 2.45) is 11.3 Å². The van der Waals surface area contributed by atoms with Crippen LogP contribution < -0.4 is 5.32 Å². The molecule has 212 valence electrons. The van der Waals surface area contributed by atoms with E-state index in [1.54, 1.807) is 24.4 Å². The van der Waals surface area contributed by atoms with E-state index in [0.29, 0.717) is 27.8 Å². The number of aromatic nitrogens is 1. The number of nitrogens with one attached hydrogen (secondary N) is 1. The Morgan fingerprint density at radius 1 is 0.951 bits per heavy atom. The van der Waals surface area contributed by atoms with Crippen molar-refractivity contribution in [2.45, 2.75) is 50.9 Å². The highest BCUT2D eigenvalue weighted by Crippen LogP contribution is 2.59. The third-order valence-corrected chi connectivity index (χ3v) is 8.50. The normalized spacial score (nSPS) is 21.9. The molecule has 1 spiro atoms. The first-order valence-electron chi connectivity index (χ1n) is 13.6. The molecule has 2 aliphatic rings. The number of aliphatic carboxylic acids is 1. The number of carboxylic acids is 1. The summed E-state index contributed by atoms with van der Waals surface area (Å²) < 4.78 is 55.0. The molecule has 2 fully saturated rings. The lowest BCUT2D eigenvalue weighted by molar-refractivity contribution is -0.142. The maximum atomic E-state index is 14.0. The number of hydrogen-bond acceptors (Lipinski definition) is 2. The molecule has 0 unspecified atom stereocenters. The average molecular weight is 565 g/mol. The molecule has 1 aromatic heterocycles. The number of halogens is 4. The maximum absolute atomic E-state index is 14.0. The van der Waals surface area contributed by atoms with Crippen LogP contribution in [0.4, 0.5) is 17.6 Å².